The topological polar surface area (TPSA) is 12.0 Å². The minimum absolute atomic E-state index is 0.285. The molecular weight excluding hydrogens is 250 g/mol. The molecule has 1 aromatic carbocycles. The van der Waals surface area contributed by atoms with Crippen molar-refractivity contribution in [2.75, 3.05) is 18.1 Å². The molecule has 0 aliphatic rings. The molecule has 0 aromatic heterocycles. The molecule has 0 fully saturated rings. The fourth-order valence-corrected chi connectivity index (χ4v) is 3.27. The second kappa shape index (κ2) is 8.65. The number of rotatable bonds is 9. The first-order chi connectivity index (χ1) is 9.14. The smallest absolute Gasteiger partial charge is 0.00830 e. The molecule has 0 spiro atoms. The van der Waals surface area contributed by atoms with Crippen molar-refractivity contribution >= 4 is 11.8 Å². The van der Waals surface area contributed by atoms with Crippen molar-refractivity contribution in [1.82, 2.24) is 5.32 Å². The Balaban J connectivity index is 2.85. The van der Waals surface area contributed by atoms with E-state index in [9.17, 15) is 0 Å². The van der Waals surface area contributed by atoms with Crippen LogP contribution in [0, 0.1) is 0 Å². The van der Waals surface area contributed by atoms with Gasteiger partial charge in [0.15, 0.2) is 0 Å². The van der Waals surface area contributed by atoms with Gasteiger partial charge in [0, 0.05) is 18.0 Å². The molecule has 0 radical (unpaired) electrons. The SMILES string of the molecule is CCSCCC(CC)(CNC(C)C)c1ccccc1. The molecule has 1 rings (SSSR count). The molecule has 0 aliphatic heterocycles. The standard InChI is InChI=1S/C17H29NS/c1-5-17(12-13-19-6-2,14-18-15(3)4)16-10-8-7-9-11-16/h7-11,15,18H,5-6,12-14H2,1-4H3. The fraction of sp³-hybridized carbons (Fsp3) is 0.647. The van der Waals surface area contributed by atoms with Gasteiger partial charge in [-0.05, 0) is 29.9 Å². The Morgan fingerprint density at radius 2 is 1.84 bits per heavy atom. The highest BCUT2D eigenvalue weighted by atomic mass is 32.2. The van der Waals surface area contributed by atoms with Crippen molar-refractivity contribution in [2.24, 2.45) is 0 Å². The predicted octanol–water partition coefficient (Wildman–Crippen LogP) is 4.48. The monoisotopic (exact) mass is 279 g/mol. The number of benzene rings is 1. The van der Waals surface area contributed by atoms with Crippen LogP contribution in [-0.4, -0.2) is 24.1 Å². The summed E-state index contributed by atoms with van der Waals surface area (Å²) in [6, 6.07) is 11.6. The molecule has 108 valence electrons. The van der Waals surface area contributed by atoms with E-state index < -0.39 is 0 Å². The van der Waals surface area contributed by atoms with Crippen LogP contribution >= 0.6 is 11.8 Å². The van der Waals surface area contributed by atoms with Gasteiger partial charge in [-0.2, -0.15) is 11.8 Å². The van der Waals surface area contributed by atoms with Crippen LogP contribution in [0.4, 0.5) is 0 Å². The van der Waals surface area contributed by atoms with E-state index in [0.717, 1.165) is 6.54 Å². The summed E-state index contributed by atoms with van der Waals surface area (Å²) < 4.78 is 0. The van der Waals surface area contributed by atoms with Crippen molar-refractivity contribution < 1.29 is 0 Å². The van der Waals surface area contributed by atoms with E-state index in [4.69, 9.17) is 0 Å². The van der Waals surface area contributed by atoms with Gasteiger partial charge in [0.1, 0.15) is 0 Å². The number of nitrogens with one attached hydrogen (secondary N) is 1. The molecule has 1 N–H and O–H groups in total. The van der Waals surface area contributed by atoms with Crippen LogP contribution in [-0.2, 0) is 5.41 Å². The third-order valence-electron chi connectivity index (χ3n) is 3.84. The number of hydrogen-bond acceptors (Lipinski definition) is 2. The molecule has 0 saturated carbocycles. The minimum Gasteiger partial charge on any atom is -0.314 e. The zero-order valence-corrected chi connectivity index (χ0v) is 13.7. The summed E-state index contributed by atoms with van der Waals surface area (Å²) >= 11 is 2.05. The largest absolute Gasteiger partial charge is 0.314 e. The molecular formula is C17H29NS. The van der Waals surface area contributed by atoms with Gasteiger partial charge in [0.05, 0.1) is 0 Å². The highest BCUT2D eigenvalue weighted by Gasteiger charge is 2.29. The van der Waals surface area contributed by atoms with Gasteiger partial charge >= 0.3 is 0 Å². The summed E-state index contributed by atoms with van der Waals surface area (Å²) in [6.45, 7) is 10.1. The van der Waals surface area contributed by atoms with Gasteiger partial charge < -0.3 is 5.32 Å². The summed E-state index contributed by atoms with van der Waals surface area (Å²) in [5, 5.41) is 3.65. The summed E-state index contributed by atoms with van der Waals surface area (Å²) in [5.41, 5.74) is 1.77. The summed E-state index contributed by atoms with van der Waals surface area (Å²) in [4.78, 5) is 0. The van der Waals surface area contributed by atoms with Crippen molar-refractivity contribution in [3.63, 3.8) is 0 Å². The van der Waals surface area contributed by atoms with Crippen LogP contribution in [0.25, 0.3) is 0 Å². The Kier molecular flexibility index (Phi) is 7.55. The lowest BCUT2D eigenvalue weighted by molar-refractivity contribution is 0.357. The highest BCUT2D eigenvalue weighted by molar-refractivity contribution is 7.99. The third-order valence-corrected chi connectivity index (χ3v) is 4.74. The average Bonchev–Trinajstić information content (AvgIpc) is 2.44. The summed E-state index contributed by atoms with van der Waals surface area (Å²) in [6.07, 6.45) is 2.45. The van der Waals surface area contributed by atoms with Crippen LogP contribution in [0.2, 0.25) is 0 Å². The molecule has 1 aromatic rings. The van der Waals surface area contributed by atoms with Gasteiger partial charge in [-0.25, -0.2) is 0 Å². The molecule has 0 aliphatic carbocycles. The Labute approximate surface area is 123 Å². The normalized spacial score (nSPS) is 14.6. The van der Waals surface area contributed by atoms with Crippen molar-refractivity contribution in [3.05, 3.63) is 35.9 Å². The van der Waals surface area contributed by atoms with Crippen molar-refractivity contribution in [3.8, 4) is 0 Å². The molecule has 19 heavy (non-hydrogen) atoms. The Bertz CT molecular complexity index is 336. The molecule has 0 saturated heterocycles. The van der Waals surface area contributed by atoms with Gasteiger partial charge in [-0.1, -0.05) is 58.0 Å². The Morgan fingerprint density at radius 1 is 1.16 bits per heavy atom. The second-order valence-electron chi connectivity index (χ2n) is 5.48. The van der Waals surface area contributed by atoms with Crippen LogP contribution in [0.1, 0.15) is 46.1 Å². The van der Waals surface area contributed by atoms with Crippen LogP contribution in [0.5, 0.6) is 0 Å². The summed E-state index contributed by atoms with van der Waals surface area (Å²) in [7, 11) is 0. The van der Waals surface area contributed by atoms with E-state index in [1.54, 1.807) is 0 Å². The lowest BCUT2D eigenvalue weighted by atomic mass is 9.75. The minimum atomic E-state index is 0.285. The predicted molar refractivity (Wildman–Crippen MR) is 89.2 cm³/mol. The Hall–Kier alpha value is -0.470. The van der Waals surface area contributed by atoms with E-state index in [2.05, 4.69) is 75.1 Å². The van der Waals surface area contributed by atoms with Crippen LogP contribution in [0.3, 0.4) is 0 Å². The second-order valence-corrected chi connectivity index (χ2v) is 6.88. The zero-order valence-electron chi connectivity index (χ0n) is 12.9. The van der Waals surface area contributed by atoms with Crippen molar-refractivity contribution in [2.45, 2.75) is 52.0 Å². The highest BCUT2D eigenvalue weighted by Crippen LogP contribution is 2.32. The van der Waals surface area contributed by atoms with E-state index in [-0.39, 0.29) is 5.41 Å². The van der Waals surface area contributed by atoms with E-state index >= 15 is 0 Å². The molecule has 0 amide bonds. The molecule has 0 heterocycles. The molecule has 2 heteroatoms. The maximum atomic E-state index is 3.65. The van der Waals surface area contributed by atoms with E-state index in [1.165, 1.54) is 29.9 Å². The van der Waals surface area contributed by atoms with Crippen molar-refractivity contribution in [1.29, 1.82) is 0 Å². The first-order valence-corrected chi connectivity index (χ1v) is 8.66. The van der Waals surface area contributed by atoms with Gasteiger partial charge in [-0.3, -0.25) is 0 Å². The first-order valence-electron chi connectivity index (χ1n) is 7.51. The third kappa shape index (κ3) is 5.19. The molecule has 0 bridgehead atoms. The lowest BCUT2D eigenvalue weighted by Gasteiger charge is -2.35. The van der Waals surface area contributed by atoms with Crippen LogP contribution < -0.4 is 5.32 Å². The summed E-state index contributed by atoms with van der Waals surface area (Å²) in [5.74, 6) is 2.46. The maximum absolute atomic E-state index is 3.65. The van der Waals surface area contributed by atoms with Crippen LogP contribution in [0.15, 0.2) is 30.3 Å². The number of thioether (sulfide) groups is 1. The van der Waals surface area contributed by atoms with Gasteiger partial charge in [0.2, 0.25) is 0 Å². The fourth-order valence-electron chi connectivity index (χ4n) is 2.44. The quantitative estimate of drug-likeness (QED) is 0.669. The Morgan fingerprint density at radius 3 is 2.37 bits per heavy atom. The molecule has 1 nitrogen and oxygen atoms in total. The maximum Gasteiger partial charge on any atom is 0.00830 e. The van der Waals surface area contributed by atoms with Gasteiger partial charge in [-0.15, -0.1) is 0 Å². The van der Waals surface area contributed by atoms with Gasteiger partial charge in [0.25, 0.3) is 0 Å². The molecule has 1 unspecified atom stereocenters. The number of hydrogen-bond donors (Lipinski definition) is 1. The van der Waals surface area contributed by atoms with E-state index in [0.29, 0.717) is 6.04 Å². The lowest BCUT2D eigenvalue weighted by Crippen LogP contribution is -2.41. The average molecular weight is 279 g/mol. The van der Waals surface area contributed by atoms with E-state index in [1.807, 2.05) is 0 Å². The molecule has 1 atom stereocenters. The zero-order chi connectivity index (χ0) is 14.1. The first kappa shape index (κ1) is 16.6.